The molecule has 1 aromatic carbocycles. The van der Waals surface area contributed by atoms with Crippen LogP contribution in [0.25, 0.3) is 5.69 Å². The zero-order valence-corrected chi connectivity index (χ0v) is 11.3. The van der Waals surface area contributed by atoms with Crippen molar-refractivity contribution in [3.05, 3.63) is 57.1 Å². The molecule has 4 N–H and O–H groups in total. The van der Waals surface area contributed by atoms with Gasteiger partial charge in [-0.2, -0.15) is 0 Å². The Morgan fingerprint density at radius 3 is 2.52 bits per heavy atom. The van der Waals surface area contributed by atoms with E-state index in [-0.39, 0.29) is 22.6 Å². The number of rotatable bonds is 2. The molecule has 3 rings (SSSR count). The van der Waals surface area contributed by atoms with Crippen LogP contribution in [0.3, 0.4) is 0 Å². The maximum absolute atomic E-state index is 13.5. The van der Waals surface area contributed by atoms with Crippen LogP contribution < -0.4 is 16.6 Å². The van der Waals surface area contributed by atoms with Crippen LogP contribution >= 0.6 is 0 Å². The van der Waals surface area contributed by atoms with E-state index in [1.54, 1.807) is 0 Å². The average molecular weight is 317 g/mol. The summed E-state index contributed by atoms with van der Waals surface area (Å²) in [5, 5.41) is 10.9. The lowest BCUT2D eigenvalue weighted by Crippen LogP contribution is -2.24. The molecule has 0 bridgehead atoms. The molecule has 116 valence electrons. The van der Waals surface area contributed by atoms with Crippen molar-refractivity contribution in [2.24, 2.45) is 0 Å². The number of imide groups is 1. The molecule has 0 fully saturated rings. The Kier molecular flexibility index (Phi) is 2.99. The van der Waals surface area contributed by atoms with Crippen LogP contribution in [0.2, 0.25) is 0 Å². The summed E-state index contributed by atoms with van der Waals surface area (Å²) in [6, 6.07) is 3.83. The number of aromatic carboxylic acids is 1. The summed E-state index contributed by atoms with van der Waals surface area (Å²) in [4.78, 5) is 46.5. The zero-order chi connectivity index (χ0) is 16.9. The molecular formula is C14H8FN3O5. The van der Waals surface area contributed by atoms with E-state index in [0.29, 0.717) is 0 Å². The maximum Gasteiger partial charge on any atom is 0.338 e. The Balaban J connectivity index is 2.31. The maximum atomic E-state index is 13.5. The van der Waals surface area contributed by atoms with E-state index in [1.165, 1.54) is 0 Å². The standard InChI is InChI=1S/C14H8FN3O5/c15-8-2-1-5(3-6(8)14(22)23)18-9(19)4-7-10(11(18)16)13(21)17-12(7)20/h1-4H,16H2,(H,22,23)(H,17,20,21). The second-order valence-corrected chi connectivity index (χ2v) is 4.74. The Morgan fingerprint density at radius 2 is 1.87 bits per heavy atom. The van der Waals surface area contributed by atoms with Crippen molar-refractivity contribution < 1.29 is 23.9 Å². The number of anilines is 1. The molecule has 0 saturated heterocycles. The third-order valence-corrected chi connectivity index (χ3v) is 3.39. The summed E-state index contributed by atoms with van der Waals surface area (Å²) < 4.78 is 14.3. The molecule has 0 unspecified atom stereocenters. The van der Waals surface area contributed by atoms with Crippen LogP contribution in [0.15, 0.2) is 29.1 Å². The fourth-order valence-electron chi connectivity index (χ4n) is 2.36. The predicted octanol–water partition coefficient (Wildman–Crippen LogP) is 0.141. The molecule has 1 aliphatic heterocycles. The van der Waals surface area contributed by atoms with Crippen LogP contribution in [0, 0.1) is 5.82 Å². The van der Waals surface area contributed by atoms with E-state index in [1.807, 2.05) is 5.32 Å². The summed E-state index contributed by atoms with van der Waals surface area (Å²) in [7, 11) is 0. The van der Waals surface area contributed by atoms with Crippen molar-refractivity contribution in [3.8, 4) is 5.69 Å². The third kappa shape index (κ3) is 2.06. The highest BCUT2D eigenvalue weighted by Gasteiger charge is 2.32. The van der Waals surface area contributed by atoms with E-state index in [4.69, 9.17) is 10.8 Å². The number of carboxylic acid groups (broad SMARTS) is 1. The molecule has 1 aromatic heterocycles. The normalized spacial score (nSPS) is 12.9. The van der Waals surface area contributed by atoms with Crippen molar-refractivity contribution in [2.75, 3.05) is 5.73 Å². The minimum absolute atomic E-state index is 0.0405. The number of fused-ring (bicyclic) bond motifs is 1. The van der Waals surface area contributed by atoms with Gasteiger partial charge in [0.05, 0.1) is 22.4 Å². The quantitative estimate of drug-likeness (QED) is 0.675. The smallest absolute Gasteiger partial charge is 0.338 e. The molecule has 0 saturated carbocycles. The monoisotopic (exact) mass is 317 g/mol. The van der Waals surface area contributed by atoms with Gasteiger partial charge in [-0.3, -0.25) is 24.3 Å². The minimum Gasteiger partial charge on any atom is -0.478 e. The van der Waals surface area contributed by atoms with E-state index >= 15 is 0 Å². The number of carboxylic acids is 1. The van der Waals surface area contributed by atoms with Crippen LogP contribution in [-0.4, -0.2) is 27.5 Å². The van der Waals surface area contributed by atoms with Gasteiger partial charge < -0.3 is 10.8 Å². The molecule has 0 atom stereocenters. The molecule has 8 nitrogen and oxygen atoms in total. The molecule has 1 aliphatic rings. The predicted molar refractivity (Wildman–Crippen MR) is 75.2 cm³/mol. The van der Waals surface area contributed by atoms with Gasteiger partial charge in [-0.15, -0.1) is 0 Å². The van der Waals surface area contributed by atoms with Gasteiger partial charge in [-0.1, -0.05) is 0 Å². The van der Waals surface area contributed by atoms with Crippen molar-refractivity contribution in [1.29, 1.82) is 0 Å². The summed E-state index contributed by atoms with van der Waals surface area (Å²) >= 11 is 0. The number of carbonyl (C=O) groups is 3. The number of carbonyl (C=O) groups excluding carboxylic acids is 2. The summed E-state index contributed by atoms with van der Waals surface area (Å²) in [5.41, 5.74) is 4.00. The van der Waals surface area contributed by atoms with Crippen molar-refractivity contribution in [2.45, 2.75) is 0 Å². The molecule has 0 aliphatic carbocycles. The minimum atomic E-state index is -1.52. The van der Waals surface area contributed by atoms with Gasteiger partial charge in [0.25, 0.3) is 17.4 Å². The Morgan fingerprint density at radius 1 is 1.17 bits per heavy atom. The highest BCUT2D eigenvalue weighted by atomic mass is 19.1. The van der Waals surface area contributed by atoms with E-state index in [2.05, 4.69) is 0 Å². The molecule has 2 aromatic rings. The second kappa shape index (κ2) is 4.77. The largest absolute Gasteiger partial charge is 0.478 e. The highest BCUT2D eigenvalue weighted by molar-refractivity contribution is 6.23. The first kappa shape index (κ1) is 14.4. The summed E-state index contributed by atoms with van der Waals surface area (Å²) in [5.74, 6) is -4.35. The molecule has 23 heavy (non-hydrogen) atoms. The Hall–Kier alpha value is -3.49. The third-order valence-electron chi connectivity index (χ3n) is 3.39. The van der Waals surface area contributed by atoms with Gasteiger partial charge in [0.2, 0.25) is 0 Å². The number of hydrogen-bond donors (Lipinski definition) is 3. The number of halogens is 1. The fourth-order valence-corrected chi connectivity index (χ4v) is 2.36. The molecule has 0 spiro atoms. The lowest BCUT2D eigenvalue weighted by atomic mass is 10.1. The van der Waals surface area contributed by atoms with Gasteiger partial charge in [0.15, 0.2) is 0 Å². The molecule has 0 radical (unpaired) electrons. The first-order valence-electron chi connectivity index (χ1n) is 6.25. The molecule has 2 heterocycles. The van der Waals surface area contributed by atoms with E-state index in [9.17, 15) is 23.6 Å². The van der Waals surface area contributed by atoms with Gasteiger partial charge in [-0.25, -0.2) is 9.18 Å². The van der Waals surface area contributed by atoms with Crippen LogP contribution in [0.4, 0.5) is 10.2 Å². The first-order valence-corrected chi connectivity index (χ1v) is 6.25. The molecule has 2 amide bonds. The van der Waals surface area contributed by atoms with Gasteiger partial charge >= 0.3 is 5.97 Å². The van der Waals surface area contributed by atoms with Gasteiger partial charge in [0.1, 0.15) is 11.6 Å². The number of benzene rings is 1. The van der Waals surface area contributed by atoms with Gasteiger partial charge in [-0.05, 0) is 18.2 Å². The fraction of sp³-hybridized carbons (Fsp3) is 0. The summed E-state index contributed by atoms with van der Waals surface area (Å²) in [6.45, 7) is 0. The number of hydrogen-bond acceptors (Lipinski definition) is 5. The number of nitrogens with zero attached hydrogens (tertiary/aromatic N) is 1. The van der Waals surface area contributed by atoms with Gasteiger partial charge in [0, 0.05) is 6.07 Å². The van der Waals surface area contributed by atoms with Crippen molar-refractivity contribution in [1.82, 2.24) is 9.88 Å². The highest BCUT2D eigenvalue weighted by Crippen LogP contribution is 2.23. The zero-order valence-electron chi connectivity index (χ0n) is 11.3. The molecular weight excluding hydrogens is 309 g/mol. The number of nitrogens with one attached hydrogen (secondary N) is 1. The number of pyridine rings is 1. The van der Waals surface area contributed by atoms with Crippen molar-refractivity contribution >= 4 is 23.6 Å². The SMILES string of the molecule is Nc1c2c(cc(=O)n1-c1ccc(F)c(C(=O)O)c1)C(=O)NC2=O. The Bertz CT molecular complexity index is 964. The second-order valence-electron chi connectivity index (χ2n) is 4.74. The van der Waals surface area contributed by atoms with Crippen LogP contribution in [0.1, 0.15) is 31.1 Å². The van der Waals surface area contributed by atoms with Crippen molar-refractivity contribution in [3.63, 3.8) is 0 Å². The van der Waals surface area contributed by atoms with Crippen LogP contribution in [0.5, 0.6) is 0 Å². The van der Waals surface area contributed by atoms with E-state index < -0.39 is 34.7 Å². The first-order chi connectivity index (χ1) is 10.8. The summed E-state index contributed by atoms with van der Waals surface area (Å²) in [6.07, 6.45) is 0. The number of nitrogen functional groups attached to an aromatic ring is 1. The molecule has 9 heteroatoms. The lowest BCUT2D eigenvalue weighted by Gasteiger charge is -2.12. The number of nitrogens with two attached hydrogens (primary N) is 1. The average Bonchev–Trinajstić information content (AvgIpc) is 2.75. The topological polar surface area (TPSA) is 131 Å². The van der Waals surface area contributed by atoms with Crippen LogP contribution in [-0.2, 0) is 0 Å². The lowest BCUT2D eigenvalue weighted by molar-refractivity contribution is 0.0691. The number of aromatic nitrogens is 1. The number of amides is 2. The Labute approximate surface area is 127 Å². The van der Waals surface area contributed by atoms with E-state index in [0.717, 1.165) is 28.8 Å².